The van der Waals surface area contributed by atoms with Crippen molar-refractivity contribution in [3.63, 3.8) is 0 Å². The zero-order valence-electron chi connectivity index (χ0n) is 20.7. The minimum atomic E-state index is -0.878. The summed E-state index contributed by atoms with van der Waals surface area (Å²) in [6.45, 7) is 5.33. The maximum atomic E-state index is 13.5. The molecule has 2 aromatic rings. The molecule has 0 atom stereocenters. The Kier molecular flexibility index (Phi) is 9.39. The molecule has 3 rings (SSSR count). The summed E-state index contributed by atoms with van der Waals surface area (Å²) in [7, 11) is 0. The highest BCUT2D eigenvalue weighted by molar-refractivity contribution is 5.84. The predicted molar refractivity (Wildman–Crippen MR) is 135 cm³/mol. The number of hydrogen-bond acceptors (Lipinski definition) is 5. The Labute approximate surface area is 207 Å². The van der Waals surface area contributed by atoms with Gasteiger partial charge in [0, 0.05) is 19.6 Å². The number of nitrogens with zero attached hydrogens (tertiary/aromatic N) is 2. The predicted octanol–water partition coefficient (Wildman–Crippen LogP) is 2.59. The smallest absolute Gasteiger partial charge is 0.238 e. The second kappa shape index (κ2) is 12.5. The number of piperidine rings is 1. The molecule has 1 aliphatic rings. The Morgan fingerprint density at radius 2 is 1.71 bits per heavy atom. The van der Waals surface area contributed by atoms with E-state index in [0.29, 0.717) is 44.6 Å². The standard InChI is InChI=1S/C27H36N4O4/c1-3-21-9-11-24(12-10-21)31(20-32)35-19-27(13-15-30(16-14-27)25(33)17-28)26(34)29-18-23-8-6-5-7-22(23)4-2/h5-12,20H,3-4,13-19,28H2,1-2H3,(H,29,34). The summed E-state index contributed by atoms with van der Waals surface area (Å²) in [6.07, 6.45) is 3.21. The molecule has 0 unspecified atom stereocenters. The lowest BCUT2D eigenvalue weighted by Gasteiger charge is -2.40. The number of benzene rings is 2. The number of carbonyl (C=O) groups excluding carboxylic acids is 3. The minimum Gasteiger partial charge on any atom is -0.351 e. The van der Waals surface area contributed by atoms with Crippen LogP contribution in [-0.2, 0) is 38.6 Å². The van der Waals surface area contributed by atoms with E-state index in [1.807, 2.05) is 42.5 Å². The SMILES string of the molecule is CCc1ccc(N(C=O)OCC2(C(=O)NCc3ccccc3CC)CCN(C(=O)CN)CC2)cc1. The van der Waals surface area contributed by atoms with Crippen LogP contribution < -0.4 is 16.1 Å². The molecular formula is C27H36N4O4. The quantitative estimate of drug-likeness (QED) is 0.380. The van der Waals surface area contributed by atoms with Crippen molar-refractivity contribution in [1.29, 1.82) is 0 Å². The summed E-state index contributed by atoms with van der Waals surface area (Å²) in [6, 6.07) is 15.6. The van der Waals surface area contributed by atoms with Crippen LogP contribution in [0.5, 0.6) is 0 Å². The number of likely N-dealkylation sites (tertiary alicyclic amines) is 1. The first-order valence-electron chi connectivity index (χ1n) is 12.3. The minimum absolute atomic E-state index is 0.0210. The molecule has 1 saturated heterocycles. The zero-order valence-corrected chi connectivity index (χ0v) is 20.7. The first kappa shape index (κ1) is 26.4. The lowest BCUT2D eigenvalue weighted by atomic mass is 9.78. The van der Waals surface area contributed by atoms with Crippen molar-refractivity contribution < 1.29 is 19.2 Å². The molecule has 0 aliphatic carbocycles. The van der Waals surface area contributed by atoms with E-state index < -0.39 is 5.41 Å². The fourth-order valence-corrected chi connectivity index (χ4v) is 4.43. The normalized spacial score (nSPS) is 14.9. The van der Waals surface area contributed by atoms with Gasteiger partial charge in [-0.05, 0) is 54.5 Å². The van der Waals surface area contributed by atoms with Crippen LogP contribution in [0.2, 0.25) is 0 Å². The second-order valence-corrected chi connectivity index (χ2v) is 8.89. The molecule has 188 valence electrons. The van der Waals surface area contributed by atoms with E-state index in [9.17, 15) is 14.4 Å². The molecule has 1 heterocycles. The Morgan fingerprint density at radius 1 is 1.06 bits per heavy atom. The summed E-state index contributed by atoms with van der Waals surface area (Å²) in [5.74, 6) is -0.280. The number of hydrogen-bond donors (Lipinski definition) is 2. The Bertz CT molecular complexity index is 1000. The third-order valence-electron chi connectivity index (χ3n) is 6.84. The summed E-state index contributed by atoms with van der Waals surface area (Å²) in [4.78, 5) is 45.0. The summed E-state index contributed by atoms with van der Waals surface area (Å²) in [5, 5.41) is 4.25. The number of amides is 3. The molecular weight excluding hydrogens is 444 g/mol. The Morgan fingerprint density at radius 3 is 2.29 bits per heavy atom. The molecule has 1 fully saturated rings. The number of hydroxylamine groups is 1. The van der Waals surface area contributed by atoms with Crippen molar-refractivity contribution >= 4 is 23.9 Å². The Balaban J connectivity index is 1.75. The summed E-state index contributed by atoms with van der Waals surface area (Å²) < 4.78 is 0. The maximum absolute atomic E-state index is 13.5. The van der Waals surface area contributed by atoms with Gasteiger partial charge < -0.3 is 16.0 Å². The first-order valence-corrected chi connectivity index (χ1v) is 12.3. The molecule has 0 radical (unpaired) electrons. The van der Waals surface area contributed by atoms with Gasteiger partial charge in [0.1, 0.15) is 0 Å². The van der Waals surface area contributed by atoms with Crippen molar-refractivity contribution in [1.82, 2.24) is 10.2 Å². The van der Waals surface area contributed by atoms with E-state index in [2.05, 4.69) is 25.2 Å². The van der Waals surface area contributed by atoms with Gasteiger partial charge in [-0.2, -0.15) is 5.06 Å². The molecule has 2 aromatic carbocycles. The molecule has 0 aromatic heterocycles. The highest BCUT2D eigenvalue weighted by Crippen LogP contribution is 2.33. The van der Waals surface area contributed by atoms with Crippen molar-refractivity contribution in [2.24, 2.45) is 11.1 Å². The highest BCUT2D eigenvalue weighted by atomic mass is 16.7. The molecule has 35 heavy (non-hydrogen) atoms. The van der Waals surface area contributed by atoms with Crippen molar-refractivity contribution in [3.05, 3.63) is 65.2 Å². The molecule has 8 nitrogen and oxygen atoms in total. The van der Waals surface area contributed by atoms with E-state index in [1.165, 1.54) is 5.56 Å². The van der Waals surface area contributed by atoms with Crippen molar-refractivity contribution in [3.8, 4) is 0 Å². The second-order valence-electron chi connectivity index (χ2n) is 8.89. The van der Waals surface area contributed by atoms with E-state index in [0.717, 1.165) is 29.0 Å². The van der Waals surface area contributed by atoms with Crippen LogP contribution in [0.4, 0.5) is 5.69 Å². The van der Waals surface area contributed by atoms with Crippen LogP contribution in [0.15, 0.2) is 48.5 Å². The van der Waals surface area contributed by atoms with E-state index in [1.54, 1.807) is 4.90 Å². The molecule has 0 spiro atoms. The van der Waals surface area contributed by atoms with E-state index in [-0.39, 0.29) is 25.0 Å². The van der Waals surface area contributed by atoms with Gasteiger partial charge in [-0.25, -0.2) is 0 Å². The maximum Gasteiger partial charge on any atom is 0.238 e. The van der Waals surface area contributed by atoms with Gasteiger partial charge in [0.15, 0.2) is 0 Å². The molecule has 0 bridgehead atoms. The van der Waals surface area contributed by atoms with E-state index >= 15 is 0 Å². The van der Waals surface area contributed by atoms with Gasteiger partial charge in [0.05, 0.1) is 24.3 Å². The third kappa shape index (κ3) is 6.46. The number of anilines is 1. The van der Waals surface area contributed by atoms with Gasteiger partial charge in [-0.15, -0.1) is 0 Å². The zero-order chi connectivity index (χ0) is 25.3. The number of aryl methyl sites for hydroxylation is 2. The number of rotatable bonds is 11. The molecule has 8 heteroatoms. The summed E-state index contributed by atoms with van der Waals surface area (Å²) >= 11 is 0. The highest BCUT2D eigenvalue weighted by Gasteiger charge is 2.43. The van der Waals surface area contributed by atoms with Crippen molar-refractivity contribution in [2.75, 3.05) is 31.3 Å². The topological polar surface area (TPSA) is 105 Å². The van der Waals surface area contributed by atoms with E-state index in [4.69, 9.17) is 10.6 Å². The van der Waals surface area contributed by atoms with Crippen LogP contribution in [0.3, 0.4) is 0 Å². The average molecular weight is 481 g/mol. The number of nitrogens with one attached hydrogen (secondary N) is 1. The summed E-state index contributed by atoms with van der Waals surface area (Å²) in [5.41, 5.74) is 8.66. The molecule has 3 amide bonds. The van der Waals surface area contributed by atoms with Crippen LogP contribution in [0.25, 0.3) is 0 Å². The fourth-order valence-electron chi connectivity index (χ4n) is 4.43. The molecule has 1 aliphatic heterocycles. The molecule has 0 saturated carbocycles. The monoisotopic (exact) mass is 480 g/mol. The van der Waals surface area contributed by atoms with Gasteiger partial charge >= 0.3 is 0 Å². The lowest BCUT2D eigenvalue weighted by Crippen LogP contribution is -2.53. The molecule has 3 N–H and O–H groups in total. The van der Waals surface area contributed by atoms with Gasteiger partial charge in [0.25, 0.3) is 0 Å². The van der Waals surface area contributed by atoms with Crippen LogP contribution >= 0.6 is 0 Å². The number of carbonyl (C=O) groups is 3. The lowest BCUT2D eigenvalue weighted by molar-refractivity contribution is -0.145. The number of nitrogens with two attached hydrogens (primary N) is 1. The largest absolute Gasteiger partial charge is 0.351 e. The van der Waals surface area contributed by atoms with Gasteiger partial charge in [-0.3, -0.25) is 19.2 Å². The average Bonchev–Trinajstić information content (AvgIpc) is 2.92. The Hall–Kier alpha value is -3.23. The fraction of sp³-hybridized carbons (Fsp3) is 0.444. The van der Waals surface area contributed by atoms with Crippen LogP contribution in [-0.4, -0.2) is 49.4 Å². The van der Waals surface area contributed by atoms with Gasteiger partial charge in [0.2, 0.25) is 18.2 Å². The van der Waals surface area contributed by atoms with Crippen LogP contribution in [0.1, 0.15) is 43.4 Å². The van der Waals surface area contributed by atoms with Crippen molar-refractivity contribution in [2.45, 2.75) is 46.1 Å². The van der Waals surface area contributed by atoms with Crippen LogP contribution in [0, 0.1) is 5.41 Å². The third-order valence-corrected chi connectivity index (χ3v) is 6.84. The van der Waals surface area contributed by atoms with Gasteiger partial charge in [-0.1, -0.05) is 50.2 Å². The first-order chi connectivity index (χ1) is 17.0.